The number of hydrogen-bond acceptors (Lipinski definition) is 3. The molecule has 1 rings (SSSR count). The molecule has 0 unspecified atom stereocenters. The Morgan fingerprint density at radius 1 is 1.73 bits per heavy atom. The van der Waals surface area contributed by atoms with Gasteiger partial charge in [0.1, 0.15) is 11.6 Å². The summed E-state index contributed by atoms with van der Waals surface area (Å²) in [6.45, 7) is 1.71. The summed E-state index contributed by atoms with van der Waals surface area (Å²) < 4.78 is 1.50. The predicted molar refractivity (Wildman–Crippen MR) is 39.8 cm³/mol. The summed E-state index contributed by atoms with van der Waals surface area (Å²) in [6, 6.07) is 0. The van der Waals surface area contributed by atoms with E-state index >= 15 is 0 Å². The van der Waals surface area contributed by atoms with Crippen molar-refractivity contribution in [3.8, 4) is 5.75 Å². The van der Waals surface area contributed by atoms with E-state index in [1.54, 1.807) is 19.9 Å². The van der Waals surface area contributed by atoms with E-state index in [1.165, 1.54) is 4.68 Å². The highest BCUT2D eigenvalue weighted by Gasteiger charge is 2.07. The van der Waals surface area contributed by atoms with E-state index in [9.17, 15) is 9.90 Å². The molecule has 11 heavy (non-hydrogen) atoms. The Kier molecular flexibility index (Phi) is 1.79. The second kappa shape index (κ2) is 2.60. The molecule has 1 aromatic heterocycles. The van der Waals surface area contributed by atoms with Crippen LogP contribution in [0.2, 0.25) is 0 Å². The zero-order valence-corrected chi connectivity index (χ0v) is 6.33. The minimum atomic E-state index is 0.0378. The van der Waals surface area contributed by atoms with Crippen molar-refractivity contribution in [1.82, 2.24) is 9.78 Å². The minimum absolute atomic E-state index is 0.0378. The fourth-order valence-corrected chi connectivity index (χ4v) is 0.776. The summed E-state index contributed by atoms with van der Waals surface area (Å²) in [5.41, 5.74) is 0.895. The fourth-order valence-electron chi connectivity index (χ4n) is 0.776. The van der Waals surface area contributed by atoms with Crippen LogP contribution in [0.15, 0.2) is 0 Å². The standard InChI is InChI=1S/C7H8N2O2/c1-5-7(11)6(3-4-10)8-9(5)2/h3,11H,1-2H3. The molecule has 0 spiro atoms. The lowest BCUT2D eigenvalue weighted by atomic mass is 10.3. The fraction of sp³-hybridized carbons (Fsp3) is 0.286. The van der Waals surface area contributed by atoms with Gasteiger partial charge in [-0.2, -0.15) is 5.10 Å². The highest BCUT2D eigenvalue weighted by molar-refractivity contribution is 5.75. The van der Waals surface area contributed by atoms with Gasteiger partial charge in [0.15, 0.2) is 5.75 Å². The van der Waals surface area contributed by atoms with Crippen molar-refractivity contribution < 1.29 is 9.90 Å². The Morgan fingerprint density at radius 3 is 2.73 bits per heavy atom. The van der Waals surface area contributed by atoms with E-state index in [-0.39, 0.29) is 11.4 Å². The van der Waals surface area contributed by atoms with E-state index in [0.717, 1.165) is 6.08 Å². The molecule has 0 atom stereocenters. The third-order valence-electron chi connectivity index (χ3n) is 1.52. The Balaban J connectivity index is 3.29. The van der Waals surface area contributed by atoms with Crippen LogP contribution in [0.5, 0.6) is 5.75 Å². The summed E-state index contributed by atoms with van der Waals surface area (Å²) in [6.07, 6.45) is 1.10. The molecule has 0 fully saturated rings. The summed E-state index contributed by atoms with van der Waals surface area (Å²) in [7, 11) is 1.69. The Hall–Kier alpha value is -1.54. The van der Waals surface area contributed by atoms with Crippen LogP contribution in [-0.4, -0.2) is 20.8 Å². The highest BCUT2D eigenvalue weighted by atomic mass is 16.3. The molecule has 58 valence electrons. The van der Waals surface area contributed by atoms with E-state index in [4.69, 9.17) is 0 Å². The maximum absolute atomic E-state index is 9.91. The maximum Gasteiger partial charge on any atom is 0.164 e. The first kappa shape index (κ1) is 7.57. The molecule has 1 aromatic rings. The Morgan fingerprint density at radius 2 is 2.36 bits per heavy atom. The Bertz CT molecular complexity index is 321. The van der Waals surface area contributed by atoms with Crippen molar-refractivity contribution in [2.45, 2.75) is 6.92 Å². The molecule has 4 nitrogen and oxygen atoms in total. The normalized spacial score (nSPS) is 9.27. The van der Waals surface area contributed by atoms with Gasteiger partial charge < -0.3 is 5.11 Å². The summed E-state index contributed by atoms with van der Waals surface area (Å²) in [5.74, 6) is 1.59. The number of aromatic hydroxyl groups is 1. The molecular weight excluding hydrogens is 144 g/mol. The topological polar surface area (TPSA) is 55.1 Å². The van der Waals surface area contributed by atoms with Crippen molar-refractivity contribution in [1.29, 1.82) is 0 Å². The van der Waals surface area contributed by atoms with Crippen LogP contribution in [0.25, 0.3) is 6.08 Å². The summed E-state index contributed by atoms with van der Waals surface area (Å²) in [4.78, 5) is 9.91. The molecule has 0 saturated carbocycles. The van der Waals surface area contributed by atoms with E-state index in [0.29, 0.717) is 5.69 Å². The number of carbonyl (C=O) groups excluding carboxylic acids is 1. The smallest absolute Gasteiger partial charge is 0.164 e. The van der Waals surface area contributed by atoms with Gasteiger partial charge in [-0.25, -0.2) is 4.79 Å². The molecule has 0 aliphatic rings. The average Bonchev–Trinajstić information content (AvgIpc) is 2.19. The van der Waals surface area contributed by atoms with Crippen molar-refractivity contribution in [3.63, 3.8) is 0 Å². The van der Waals surface area contributed by atoms with Crippen LogP contribution in [0.1, 0.15) is 11.4 Å². The molecule has 0 aromatic carbocycles. The van der Waals surface area contributed by atoms with Gasteiger partial charge >= 0.3 is 0 Å². The average molecular weight is 152 g/mol. The molecule has 0 radical (unpaired) electrons. The molecule has 0 amide bonds. The van der Waals surface area contributed by atoms with Crippen molar-refractivity contribution >= 4 is 12.0 Å². The Labute approximate surface area is 63.8 Å². The van der Waals surface area contributed by atoms with Gasteiger partial charge in [0.25, 0.3) is 0 Å². The first-order chi connectivity index (χ1) is 5.16. The molecular formula is C7H8N2O2. The van der Waals surface area contributed by atoms with Crippen molar-refractivity contribution in [2.24, 2.45) is 7.05 Å². The van der Waals surface area contributed by atoms with Crippen LogP contribution >= 0.6 is 0 Å². The summed E-state index contributed by atoms with van der Waals surface area (Å²) >= 11 is 0. The lowest BCUT2D eigenvalue weighted by Crippen LogP contribution is -1.91. The quantitative estimate of drug-likeness (QED) is 0.588. The van der Waals surface area contributed by atoms with Crippen LogP contribution in [-0.2, 0) is 11.8 Å². The second-order valence-corrected chi connectivity index (χ2v) is 2.21. The highest BCUT2D eigenvalue weighted by Crippen LogP contribution is 2.20. The van der Waals surface area contributed by atoms with E-state index in [1.807, 2.05) is 0 Å². The minimum Gasteiger partial charge on any atom is -0.504 e. The molecule has 0 bridgehead atoms. The lowest BCUT2D eigenvalue weighted by molar-refractivity contribution is 0.468. The molecule has 0 saturated heterocycles. The first-order valence-electron chi connectivity index (χ1n) is 3.10. The first-order valence-corrected chi connectivity index (χ1v) is 3.10. The van der Waals surface area contributed by atoms with Gasteiger partial charge in [-0.15, -0.1) is 0 Å². The van der Waals surface area contributed by atoms with Crippen LogP contribution in [0.3, 0.4) is 0 Å². The number of hydrogen-bond donors (Lipinski definition) is 1. The zero-order chi connectivity index (χ0) is 8.43. The predicted octanol–water partition coefficient (Wildman–Crippen LogP) is 0.279. The van der Waals surface area contributed by atoms with Crippen molar-refractivity contribution in [2.75, 3.05) is 0 Å². The monoisotopic (exact) mass is 152 g/mol. The largest absolute Gasteiger partial charge is 0.504 e. The van der Waals surface area contributed by atoms with Crippen LogP contribution in [0.4, 0.5) is 0 Å². The molecule has 1 N–H and O–H groups in total. The second-order valence-electron chi connectivity index (χ2n) is 2.21. The van der Waals surface area contributed by atoms with E-state index in [2.05, 4.69) is 5.10 Å². The summed E-state index contributed by atoms with van der Waals surface area (Å²) in [5, 5.41) is 13.1. The molecule has 0 aliphatic carbocycles. The van der Waals surface area contributed by atoms with Gasteiger partial charge in [-0.1, -0.05) is 0 Å². The maximum atomic E-state index is 9.91. The van der Waals surface area contributed by atoms with Crippen molar-refractivity contribution in [3.05, 3.63) is 11.4 Å². The molecule has 4 heteroatoms. The third-order valence-corrected chi connectivity index (χ3v) is 1.52. The lowest BCUT2D eigenvalue weighted by Gasteiger charge is -1.89. The van der Waals surface area contributed by atoms with Gasteiger partial charge in [0, 0.05) is 7.05 Å². The molecule has 1 heterocycles. The van der Waals surface area contributed by atoms with Gasteiger partial charge in [0.2, 0.25) is 0 Å². The SMILES string of the molecule is Cc1c(O)c(C=C=O)nn1C. The van der Waals surface area contributed by atoms with Gasteiger partial charge in [-0.05, 0) is 6.92 Å². The number of rotatable bonds is 1. The van der Waals surface area contributed by atoms with Gasteiger partial charge in [0.05, 0.1) is 11.8 Å². The zero-order valence-electron chi connectivity index (χ0n) is 6.33. The van der Waals surface area contributed by atoms with E-state index < -0.39 is 0 Å². The number of nitrogens with zero attached hydrogens (tertiary/aromatic N) is 2. The number of aryl methyl sites for hydroxylation is 1. The number of aromatic nitrogens is 2. The van der Waals surface area contributed by atoms with Crippen LogP contribution < -0.4 is 0 Å². The molecule has 0 aliphatic heterocycles. The third kappa shape index (κ3) is 1.16. The van der Waals surface area contributed by atoms with Crippen LogP contribution in [0, 0.1) is 6.92 Å². The van der Waals surface area contributed by atoms with Gasteiger partial charge in [-0.3, -0.25) is 4.68 Å².